The predicted molar refractivity (Wildman–Crippen MR) is 77.4 cm³/mol. The topological polar surface area (TPSA) is 49.7 Å². The van der Waals surface area contributed by atoms with Crippen molar-refractivity contribution in [2.45, 2.75) is 32.1 Å². The zero-order valence-corrected chi connectivity index (χ0v) is 12.3. The fourth-order valence-corrected chi connectivity index (χ4v) is 3.18. The van der Waals surface area contributed by atoms with Crippen molar-refractivity contribution in [1.29, 1.82) is 0 Å². The number of nitrogens with zero attached hydrogens (tertiary/aromatic N) is 1. The highest BCUT2D eigenvalue weighted by molar-refractivity contribution is 5.92. The number of carbonyl (C=O) groups excluding carboxylic acids is 1. The molecule has 0 bridgehead atoms. The highest BCUT2D eigenvalue weighted by Gasteiger charge is 2.33. The van der Waals surface area contributed by atoms with E-state index < -0.39 is 0 Å². The minimum atomic E-state index is -0.388. The van der Waals surface area contributed by atoms with Gasteiger partial charge in [-0.15, -0.1) is 0 Å². The minimum absolute atomic E-state index is 0.291. The van der Waals surface area contributed by atoms with E-state index >= 15 is 0 Å². The van der Waals surface area contributed by atoms with Gasteiger partial charge < -0.3 is 4.57 Å². The first kappa shape index (κ1) is 14.1. The van der Waals surface area contributed by atoms with Crippen molar-refractivity contribution in [3.05, 3.63) is 35.5 Å². The van der Waals surface area contributed by atoms with Crippen LogP contribution in [0.3, 0.4) is 0 Å². The molecule has 1 aromatic heterocycles. The quantitative estimate of drug-likeness (QED) is 0.493. The van der Waals surface area contributed by atoms with Gasteiger partial charge in [0.15, 0.2) is 0 Å². The molecule has 112 valence electrons. The van der Waals surface area contributed by atoms with E-state index in [0.29, 0.717) is 6.61 Å². The predicted octanol–water partition coefficient (Wildman–Crippen LogP) is 3.02. The van der Waals surface area contributed by atoms with Gasteiger partial charge in [-0.1, -0.05) is 18.2 Å². The first-order valence-electron chi connectivity index (χ1n) is 7.30. The molecule has 5 heteroatoms. The van der Waals surface area contributed by atoms with Crippen LogP contribution in [0.25, 0.3) is 10.9 Å². The molecule has 1 heterocycles. The van der Waals surface area contributed by atoms with Gasteiger partial charge in [0.25, 0.3) is 0 Å². The number of hydrogen-bond donors (Lipinski definition) is 0. The SMILES string of the molecule is CCOOOC(=O)C1CCCc2c1c1ccccc1n2C. The van der Waals surface area contributed by atoms with Crippen molar-refractivity contribution < 1.29 is 19.6 Å². The van der Waals surface area contributed by atoms with Crippen LogP contribution in [0.2, 0.25) is 0 Å². The number of rotatable bonds is 4. The van der Waals surface area contributed by atoms with Gasteiger partial charge in [-0.3, -0.25) is 4.89 Å². The van der Waals surface area contributed by atoms with Crippen LogP contribution in [0.4, 0.5) is 0 Å². The first-order valence-corrected chi connectivity index (χ1v) is 7.30. The Morgan fingerprint density at radius 1 is 1.38 bits per heavy atom. The van der Waals surface area contributed by atoms with Crippen LogP contribution in [0.1, 0.15) is 36.9 Å². The Kier molecular flexibility index (Phi) is 3.94. The van der Waals surface area contributed by atoms with Crippen LogP contribution >= 0.6 is 0 Å². The highest BCUT2D eigenvalue weighted by Crippen LogP contribution is 2.39. The second kappa shape index (κ2) is 5.87. The van der Waals surface area contributed by atoms with Gasteiger partial charge in [0, 0.05) is 23.6 Å². The molecule has 0 fully saturated rings. The lowest BCUT2D eigenvalue weighted by Gasteiger charge is -2.21. The average molecular weight is 289 g/mol. The van der Waals surface area contributed by atoms with Gasteiger partial charge in [0.1, 0.15) is 0 Å². The molecule has 0 radical (unpaired) electrons. The van der Waals surface area contributed by atoms with Gasteiger partial charge >= 0.3 is 5.97 Å². The third-order valence-corrected chi connectivity index (χ3v) is 4.09. The number of aryl methyl sites for hydroxylation is 1. The normalized spacial score (nSPS) is 17.7. The lowest BCUT2D eigenvalue weighted by Crippen LogP contribution is -2.21. The molecule has 1 aromatic carbocycles. The third-order valence-electron chi connectivity index (χ3n) is 4.09. The monoisotopic (exact) mass is 289 g/mol. The molecule has 0 saturated heterocycles. The number of carbonyl (C=O) groups is 1. The molecule has 0 N–H and O–H groups in total. The first-order chi connectivity index (χ1) is 10.2. The Hall–Kier alpha value is -1.85. The van der Waals surface area contributed by atoms with Crippen molar-refractivity contribution in [2.75, 3.05) is 6.61 Å². The second-order valence-corrected chi connectivity index (χ2v) is 5.26. The smallest absolute Gasteiger partial charge is 0.347 e. The standard InChI is InChI=1S/C16H19NO4/c1-3-19-21-20-16(18)12-8-6-10-14-15(12)11-7-4-5-9-13(11)17(14)2/h4-5,7,9,12H,3,6,8,10H2,1-2H3. The number of fused-ring (bicyclic) bond motifs is 3. The molecule has 0 aliphatic heterocycles. The van der Waals surface area contributed by atoms with Crippen molar-refractivity contribution >= 4 is 16.9 Å². The van der Waals surface area contributed by atoms with Crippen LogP contribution in [-0.2, 0) is 33.1 Å². The van der Waals surface area contributed by atoms with Crippen LogP contribution in [0.15, 0.2) is 24.3 Å². The number of para-hydroxylation sites is 1. The van der Waals surface area contributed by atoms with Gasteiger partial charge in [0.05, 0.1) is 12.5 Å². The molecule has 3 rings (SSSR count). The summed E-state index contributed by atoms with van der Waals surface area (Å²) in [4.78, 5) is 21.6. The summed E-state index contributed by atoms with van der Waals surface area (Å²) < 4.78 is 2.17. The summed E-state index contributed by atoms with van der Waals surface area (Å²) >= 11 is 0. The van der Waals surface area contributed by atoms with Crippen LogP contribution in [0.5, 0.6) is 0 Å². The van der Waals surface area contributed by atoms with Crippen LogP contribution in [0, 0.1) is 0 Å². The summed E-state index contributed by atoms with van der Waals surface area (Å²) in [6.45, 7) is 2.09. The van der Waals surface area contributed by atoms with Crippen LogP contribution in [-0.4, -0.2) is 17.1 Å². The molecule has 0 spiro atoms. The van der Waals surface area contributed by atoms with Gasteiger partial charge in [-0.2, -0.15) is 4.89 Å². The average Bonchev–Trinajstić information content (AvgIpc) is 2.81. The van der Waals surface area contributed by atoms with Crippen molar-refractivity contribution in [3.8, 4) is 0 Å². The molecule has 1 atom stereocenters. The van der Waals surface area contributed by atoms with E-state index in [2.05, 4.69) is 26.6 Å². The zero-order valence-electron chi connectivity index (χ0n) is 12.3. The fourth-order valence-electron chi connectivity index (χ4n) is 3.18. The van der Waals surface area contributed by atoms with E-state index in [-0.39, 0.29) is 11.9 Å². The van der Waals surface area contributed by atoms with Gasteiger partial charge in [-0.25, -0.2) is 4.79 Å². The van der Waals surface area contributed by atoms with Gasteiger partial charge in [-0.05, 0) is 42.9 Å². The van der Waals surface area contributed by atoms with E-state index in [1.807, 2.05) is 19.2 Å². The zero-order chi connectivity index (χ0) is 14.8. The van der Waals surface area contributed by atoms with Gasteiger partial charge in [0.2, 0.25) is 0 Å². The summed E-state index contributed by atoms with van der Waals surface area (Å²) in [5.74, 6) is -0.680. The molecule has 0 amide bonds. The summed E-state index contributed by atoms with van der Waals surface area (Å²) in [5, 5.41) is 5.59. The molecule has 5 nitrogen and oxygen atoms in total. The van der Waals surface area contributed by atoms with E-state index in [1.165, 1.54) is 5.69 Å². The maximum Gasteiger partial charge on any atom is 0.353 e. The van der Waals surface area contributed by atoms with Crippen molar-refractivity contribution in [1.82, 2.24) is 4.57 Å². The third kappa shape index (κ3) is 2.43. The molecular weight excluding hydrogens is 270 g/mol. The summed E-state index contributed by atoms with van der Waals surface area (Å²) in [6, 6.07) is 8.14. The maximum atomic E-state index is 12.3. The van der Waals surface area contributed by atoms with Crippen molar-refractivity contribution in [3.63, 3.8) is 0 Å². The minimum Gasteiger partial charge on any atom is -0.347 e. The van der Waals surface area contributed by atoms with E-state index in [1.54, 1.807) is 6.92 Å². The molecular formula is C16H19NO4. The number of aromatic nitrogens is 1. The number of hydrogen-bond acceptors (Lipinski definition) is 4. The molecule has 21 heavy (non-hydrogen) atoms. The highest BCUT2D eigenvalue weighted by atomic mass is 17.5. The Labute approximate surface area is 123 Å². The molecule has 0 saturated carbocycles. The Morgan fingerprint density at radius 3 is 3.00 bits per heavy atom. The lowest BCUT2D eigenvalue weighted by atomic mass is 9.85. The largest absolute Gasteiger partial charge is 0.353 e. The molecule has 1 aliphatic carbocycles. The molecule has 1 unspecified atom stereocenters. The summed E-state index contributed by atoms with van der Waals surface area (Å²) in [6.07, 6.45) is 2.72. The Balaban J connectivity index is 1.97. The number of benzene rings is 1. The molecule has 2 aromatic rings. The fraction of sp³-hybridized carbons (Fsp3) is 0.438. The summed E-state index contributed by atoms with van der Waals surface area (Å²) in [5.41, 5.74) is 3.43. The summed E-state index contributed by atoms with van der Waals surface area (Å²) in [7, 11) is 2.05. The maximum absolute atomic E-state index is 12.3. The molecule has 1 aliphatic rings. The van der Waals surface area contributed by atoms with E-state index in [0.717, 1.165) is 35.7 Å². The Bertz CT molecular complexity index is 662. The van der Waals surface area contributed by atoms with Crippen molar-refractivity contribution in [2.24, 2.45) is 7.05 Å². The van der Waals surface area contributed by atoms with E-state index in [9.17, 15) is 4.79 Å². The van der Waals surface area contributed by atoms with Crippen LogP contribution < -0.4 is 0 Å². The Morgan fingerprint density at radius 2 is 2.19 bits per heavy atom. The second-order valence-electron chi connectivity index (χ2n) is 5.26. The lowest BCUT2D eigenvalue weighted by molar-refractivity contribution is -0.485. The van der Waals surface area contributed by atoms with E-state index in [4.69, 9.17) is 4.89 Å².